The monoisotopic (exact) mass is 430 g/mol. The van der Waals surface area contributed by atoms with Gasteiger partial charge in [0.05, 0.1) is 13.7 Å². The van der Waals surface area contributed by atoms with Crippen LogP contribution >= 0.6 is 0 Å². The number of hydrogen-bond acceptors (Lipinski definition) is 6. The molecule has 1 aliphatic rings. The lowest BCUT2D eigenvalue weighted by atomic mass is 10.1. The molecule has 31 heavy (non-hydrogen) atoms. The van der Waals surface area contributed by atoms with Crippen LogP contribution in [0.5, 0.6) is 11.5 Å². The van der Waals surface area contributed by atoms with E-state index in [1.165, 1.54) is 11.1 Å². The Morgan fingerprint density at radius 3 is 1.87 bits per heavy atom. The molecule has 8 nitrogen and oxygen atoms in total. The van der Waals surface area contributed by atoms with Crippen molar-refractivity contribution in [2.45, 2.75) is 20.0 Å². The second-order valence-corrected chi connectivity index (χ2v) is 7.07. The van der Waals surface area contributed by atoms with Crippen molar-refractivity contribution >= 4 is 11.9 Å². The van der Waals surface area contributed by atoms with Crippen LogP contribution in [0, 0.1) is 0 Å². The summed E-state index contributed by atoms with van der Waals surface area (Å²) in [6.45, 7) is 9.08. The summed E-state index contributed by atoms with van der Waals surface area (Å²) in [7, 11) is 1.70. The maximum absolute atomic E-state index is 9.10. The van der Waals surface area contributed by atoms with Crippen molar-refractivity contribution in [3.8, 4) is 11.5 Å². The summed E-state index contributed by atoms with van der Waals surface area (Å²) < 4.78 is 11.1. The quantitative estimate of drug-likeness (QED) is 0.647. The third-order valence-electron chi connectivity index (χ3n) is 4.83. The Bertz CT molecular complexity index is 823. The molecule has 0 bridgehead atoms. The van der Waals surface area contributed by atoms with E-state index >= 15 is 0 Å². The van der Waals surface area contributed by atoms with Crippen LogP contribution in [0.4, 0.5) is 0 Å². The molecule has 2 N–H and O–H groups in total. The third-order valence-corrected chi connectivity index (χ3v) is 4.83. The molecule has 0 saturated carbocycles. The van der Waals surface area contributed by atoms with Crippen molar-refractivity contribution < 1.29 is 29.3 Å². The van der Waals surface area contributed by atoms with Crippen molar-refractivity contribution in [2.75, 3.05) is 39.9 Å². The first kappa shape index (κ1) is 24.2. The van der Waals surface area contributed by atoms with Gasteiger partial charge < -0.3 is 19.7 Å². The SMILES string of the molecule is CCOc1ccc(CN2CCN(Cc3ccccc3)CC2)cc1OC.O=C(O)C(=O)O. The number of rotatable bonds is 7. The molecule has 1 aliphatic heterocycles. The zero-order chi connectivity index (χ0) is 22.6. The van der Waals surface area contributed by atoms with E-state index in [1.54, 1.807) is 7.11 Å². The van der Waals surface area contributed by atoms with Crippen LogP contribution in [0.15, 0.2) is 48.5 Å². The first-order valence-electron chi connectivity index (χ1n) is 10.2. The highest BCUT2D eigenvalue weighted by Gasteiger charge is 2.17. The fourth-order valence-corrected chi connectivity index (χ4v) is 3.29. The zero-order valence-corrected chi connectivity index (χ0v) is 18.0. The Labute approximate surface area is 182 Å². The van der Waals surface area contributed by atoms with Crippen LogP contribution in [-0.2, 0) is 22.7 Å². The minimum Gasteiger partial charge on any atom is -0.493 e. The van der Waals surface area contributed by atoms with Crippen LogP contribution in [0.1, 0.15) is 18.1 Å². The van der Waals surface area contributed by atoms with Gasteiger partial charge in [-0.15, -0.1) is 0 Å². The number of methoxy groups -OCH3 is 1. The fourth-order valence-electron chi connectivity index (χ4n) is 3.29. The van der Waals surface area contributed by atoms with E-state index < -0.39 is 11.9 Å². The molecule has 0 aliphatic carbocycles. The Balaban J connectivity index is 0.000000501. The van der Waals surface area contributed by atoms with Crippen LogP contribution in [0.2, 0.25) is 0 Å². The zero-order valence-electron chi connectivity index (χ0n) is 18.0. The smallest absolute Gasteiger partial charge is 0.414 e. The number of carbonyl (C=O) groups is 2. The molecule has 8 heteroatoms. The highest BCUT2D eigenvalue weighted by atomic mass is 16.5. The van der Waals surface area contributed by atoms with E-state index in [9.17, 15) is 0 Å². The normalized spacial score (nSPS) is 14.3. The highest BCUT2D eigenvalue weighted by molar-refractivity contribution is 6.27. The van der Waals surface area contributed by atoms with Crippen LogP contribution < -0.4 is 9.47 Å². The lowest BCUT2D eigenvalue weighted by Gasteiger charge is -2.34. The van der Waals surface area contributed by atoms with E-state index in [4.69, 9.17) is 29.3 Å². The number of piperazine rings is 1. The van der Waals surface area contributed by atoms with Gasteiger partial charge in [-0.2, -0.15) is 0 Å². The molecule has 1 heterocycles. The molecule has 0 aromatic heterocycles. The summed E-state index contributed by atoms with van der Waals surface area (Å²) in [5, 5.41) is 14.8. The van der Waals surface area contributed by atoms with Crippen molar-refractivity contribution in [1.29, 1.82) is 0 Å². The lowest BCUT2D eigenvalue weighted by molar-refractivity contribution is -0.159. The maximum atomic E-state index is 9.10. The van der Waals surface area contributed by atoms with Crippen LogP contribution in [-0.4, -0.2) is 71.8 Å². The average molecular weight is 431 g/mol. The predicted molar refractivity (Wildman–Crippen MR) is 116 cm³/mol. The predicted octanol–water partition coefficient (Wildman–Crippen LogP) is 2.57. The van der Waals surface area contributed by atoms with E-state index in [0.29, 0.717) is 6.61 Å². The third kappa shape index (κ3) is 8.27. The van der Waals surface area contributed by atoms with E-state index in [1.807, 2.05) is 13.0 Å². The molecule has 168 valence electrons. The Morgan fingerprint density at radius 1 is 0.839 bits per heavy atom. The molecular formula is C23H30N2O6. The summed E-state index contributed by atoms with van der Waals surface area (Å²) >= 11 is 0. The summed E-state index contributed by atoms with van der Waals surface area (Å²) in [5.74, 6) is -2.01. The van der Waals surface area contributed by atoms with Gasteiger partial charge in [0.15, 0.2) is 11.5 Å². The van der Waals surface area contributed by atoms with Gasteiger partial charge in [-0.1, -0.05) is 36.4 Å². The minimum absolute atomic E-state index is 0.652. The lowest BCUT2D eigenvalue weighted by Crippen LogP contribution is -2.45. The number of aliphatic carboxylic acids is 2. The van der Waals surface area contributed by atoms with Crippen molar-refractivity contribution in [3.63, 3.8) is 0 Å². The van der Waals surface area contributed by atoms with Gasteiger partial charge in [0.2, 0.25) is 0 Å². The molecule has 0 unspecified atom stereocenters. The number of hydrogen-bond donors (Lipinski definition) is 2. The van der Waals surface area contributed by atoms with Crippen LogP contribution in [0.3, 0.4) is 0 Å². The minimum atomic E-state index is -1.82. The van der Waals surface area contributed by atoms with Gasteiger partial charge in [-0.05, 0) is 30.2 Å². The molecule has 0 radical (unpaired) electrons. The Morgan fingerprint density at radius 2 is 1.39 bits per heavy atom. The van der Waals surface area contributed by atoms with Crippen LogP contribution in [0.25, 0.3) is 0 Å². The Hall–Kier alpha value is -3.10. The van der Waals surface area contributed by atoms with E-state index in [0.717, 1.165) is 50.8 Å². The van der Waals surface area contributed by atoms with Gasteiger partial charge in [0.1, 0.15) is 0 Å². The van der Waals surface area contributed by atoms with Crippen molar-refractivity contribution in [2.24, 2.45) is 0 Å². The standard InChI is InChI=1S/C21H28N2O2.C2H2O4/c1-3-25-20-10-9-19(15-21(20)24-2)17-23-13-11-22(12-14-23)16-18-7-5-4-6-8-18;3-1(4)2(5)6/h4-10,15H,3,11-14,16-17H2,1-2H3;(H,3,4)(H,5,6). The Kier molecular flexibility index (Phi) is 9.80. The summed E-state index contributed by atoms with van der Waals surface area (Å²) in [5.41, 5.74) is 2.67. The largest absolute Gasteiger partial charge is 0.493 e. The molecule has 0 atom stereocenters. The molecule has 0 spiro atoms. The summed E-state index contributed by atoms with van der Waals surface area (Å²) in [6.07, 6.45) is 0. The second-order valence-electron chi connectivity index (χ2n) is 7.07. The number of carboxylic acid groups (broad SMARTS) is 2. The van der Waals surface area contributed by atoms with E-state index in [-0.39, 0.29) is 0 Å². The number of benzene rings is 2. The first-order chi connectivity index (χ1) is 14.9. The number of carboxylic acids is 2. The van der Waals surface area contributed by atoms with Gasteiger partial charge in [0.25, 0.3) is 0 Å². The molecule has 2 aromatic carbocycles. The number of nitrogens with zero attached hydrogens (tertiary/aromatic N) is 2. The van der Waals surface area contributed by atoms with Crippen molar-refractivity contribution in [1.82, 2.24) is 9.80 Å². The van der Waals surface area contributed by atoms with Gasteiger partial charge in [0, 0.05) is 39.3 Å². The molecule has 1 saturated heterocycles. The number of ether oxygens (including phenoxy) is 2. The topological polar surface area (TPSA) is 99.5 Å². The molecule has 0 amide bonds. The summed E-state index contributed by atoms with van der Waals surface area (Å²) in [4.78, 5) is 23.2. The second kappa shape index (κ2) is 12.6. The maximum Gasteiger partial charge on any atom is 0.414 e. The highest BCUT2D eigenvalue weighted by Crippen LogP contribution is 2.28. The molecule has 3 rings (SSSR count). The van der Waals surface area contributed by atoms with Crippen molar-refractivity contribution in [3.05, 3.63) is 59.7 Å². The van der Waals surface area contributed by atoms with Gasteiger partial charge >= 0.3 is 11.9 Å². The fraction of sp³-hybridized carbons (Fsp3) is 0.391. The molecule has 2 aromatic rings. The molecule has 1 fully saturated rings. The van der Waals surface area contributed by atoms with Gasteiger partial charge in [-0.25, -0.2) is 9.59 Å². The average Bonchev–Trinajstić information content (AvgIpc) is 2.77. The first-order valence-corrected chi connectivity index (χ1v) is 10.2. The molecular weight excluding hydrogens is 400 g/mol. The van der Waals surface area contributed by atoms with Gasteiger partial charge in [-0.3, -0.25) is 9.80 Å². The van der Waals surface area contributed by atoms with E-state index in [2.05, 4.69) is 52.3 Å². The summed E-state index contributed by atoms with van der Waals surface area (Å²) in [6, 6.07) is 17.0.